The van der Waals surface area contributed by atoms with E-state index in [1.165, 1.54) is 12.1 Å². The van der Waals surface area contributed by atoms with Crippen LogP contribution in [0.15, 0.2) is 42.5 Å². The zero-order valence-electron chi connectivity index (χ0n) is 15.2. The molecule has 2 rings (SSSR count). The van der Waals surface area contributed by atoms with Crippen molar-refractivity contribution in [2.45, 2.75) is 32.6 Å². The highest BCUT2D eigenvalue weighted by atomic mass is 19.4. The number of alkyl halides is 3. The first-order valence-corrected chi connectivity index (χ1v) is 8.38. The molecular weight excluding hydrogens is 378 g/mol. The average Bonchev–Trinajstić information content (AvgIpc) is 2.59. The number of amides is 3. The Labute approximate surface area is 159 Å². The van der Waals surface area contributed by atoms with E-state index in [9.17, 15) is 27.2 Å². The van der Waals surface area contributed by atoms with E-state index in [2.05, 4.69) is 16.0 Å². The predicted molar refractivity (Wildman–Crippen MR) is 96.3 cm³/mol. The van der Waals surface area contributed by atoms with Gasteiger partial charge in [-0.15, -0.1) is 0 Å². The second-order valence-electron chi connectivity index (χ2n) is 6.28. The second-order valence-corrected chi connectivity index (χ2v) is 6.28. The lowest BCUT2D eigenvalue weighted by atomic mass is 10.1. The molecule has 3 amide bonds. The maximum atomic E-state index is 13.2. The minimum absolute atomic E-state index is 0.0806. The maximum Gasteiger partial charge on any atom is 0.416 e. The molecule has 0 atom stereocenters. The molecular formula is C19H19F4N3O2. The van der Waals surface area contributed by atoms with Crippen molar-refractivity contribution in [3.05, 3.63) is 65.0 Å². The Morgan fingerprint density at radius 2 is 1.75 bits per heavy atom. The number of halogens is 4. The van der Waals surface area contributed by atoms with Crippen molar-refractivity contribution in [1.29, 1.82) is 0 Å². The van der Waals surface area contributed by atoms with Crippen molar-refractivity contribution in [3.63, 3.8) is 0 Å². The first kappa shape index (κ1) is 21.2. The average molecular weight is 397 g/mol. The Morgan fingerprint density at radius 3 is 2.39 bits per heavy atom. The van der Waals surface area contributed by atoms with Crippen LogP contribution < -0.4 is 16.0 Å². The third-order valence-corrected chi connectivity index (χ3v) is 3.66. The van der Waals surface area contributed by atoms with E-state index >= 15 is 0 Å². The monoisotopic (exact) mass is 397 g/mol. The minimum Gasteiger partial charge on any atom is -0.348 e. The fourth-order valence-corrected chi connectivity index (χ4v) is 2.45. The molecule has 0 radical (unpaired) electrons. The molecule has 0 saturated carbocycles. The number of anilines is 1. The highest BCUT2D eigenvalue weighted by Gasteiger charge is 2.33. The lowest BCUT2D eigenvalue weighted by molar-refractivity contribution is -0.138. The SMILES string of the molecule is CC(C)NC(=O)Nc1ccccc1C(=O)NCc1ccc(F)cc1C(F)(F)F. The Bertz CT molecular complexity index is 866. The van der Waals surface area contributed by atoms with Gasteiger partial charge in [0.1, 0.15) is 5.82 Å². The first-order chi connectivity index (χ1) is 13.1. The molecule has 9 heteroatoms. The molecule has 0 heterocycles. The van der Waals surface area contributed by atoms with Crippen molar-refractivity contribution >= 4 is 17.6 Å². The van der Waals surface area contributed by atoms with Crippen LogP contribution in [0.2, 0.25) is 0 Å². The van der Waals surface area contributed by atoms with Gasteiger partial charge >= 0.3 is 12.2 Å². The number of hydrogen-bond donors (Lipinski definition) is 3. The van der Waals surface area contributed by atoms with Gasteiger partial charge < -0.3 is 16.0 Å². The zero-order chi connectivity index (χ0) is 20.9. The lowest BCUT2D eigenvalue weighted by Gasteiger charge is -2.15. The fraction of sp³-hybridized carbons (Fsp3) is 0.263. The molecule has 0 unspecified atom stereocenters. The van der Waals surface area contributed by atoms with Gasteiger partial charge in [0.25, 0.3) is 5.91 Å². The summed E-state index contributed by atoms with van der Waals surface area (Å²) in [6.45, 7) is 3.07. The van der Waals surface area contributed by atoms with Gasteiger partial charge in [-0.2, -0.15) is 13.2 Å². The van der Waals surface area contributed by atoms with E-state index < -0.39 is 36.0 Å². The van der Waals surface area contributed by atoms with Crippen LogP contribution >= 0.6 is 0 Å². The normalized spacial score (nSPS) is 11.2. The predicted octanol–water partition coefficient (Wildman–Crippen LogP) is 4.30. The summed E-state index contributed by atoms with van der Waals surface area (Å²) >= 11 is 0. The summed E-state index contributed by atoms with van der Waals surface area (Å²) in [5.74, 6) is -1.70. The molecule has 2 aromatic carbocycles. The summed E-state index contributed by atoms with van der Waals surface area (Å²) < 4.78 is 52.3. The van der Waals surface area contributed by atoms with Crippen LogP contribution in [0.3, 0.4) is 0 Å². The highest BCUT2D eigenvalue weighted by Crippen LogP contribution is 2.32. The molecule has 0 aromatic heterocycles. The van der Waals surface area contributed by atoms with Gasteiger partial charge in [0.15, 0.2) is 0 Å². The van der Waals surface area contributed by atoms with Crippen molar-refractivity contribution in [2.24, 2.45) is 0 Å². The number of urea groups is 1. The molecule has 0 spiro atoms. The van der Waals surface area contributed by atoms with Gasteiger partial charge in [-0.3, -0.25) is 4.79 Å². The standard InChI is InChI=1S/C19H19F4N3O2/c1-11(2)25-18(28)26-16-6-4-3-5-14(16)17(27)24-10-12-7-8-13(20)9-15(12)19(21,22)23/h3-9,11H,10H2,1-2H3,(H,24,27)(H2,25,26,28). The number of para-hydroxylation sites is 1. The van der Waals surface area contributed by atoms with E-state index in [0.29, 0.717) is 6.07 Å². The van der Waals surface area contributed by atoms with Crippen LogP contribution in [0.5, 0.6) is 0 Å². The van der Waals surface area contributed by atoms with Crippen molar-refractivity contribution in [3.8, 4) is 0 Å². The number of nitrogens with one attached hydrogen (secondary N) is 3. The van der Waals surface area contributed by atoms with Gasteiger partial charge in [-0.05, 0) is 43.7 Å². The number of benzene rings is 2. The molecule has 5 nitrogen and oxygen atoms in total. The van der Waals surface area contributed by atoms with Crippen LogP contribution in [-0.2, 0) is 12.7 Å². The summed E-state index contributed by atoms with van der Waals surface area (Å²) in [5.41, 5.74) is -1.15. The molecule has 0 saturated heterocycles. The van der Waals surface area contributed by atoms with Crippen molar-refractivity contribution in [1.82, 2.24) is 10.6 Å². The Balaban J connectivity index is 2.16. The summed E-state index contributed by atoms with van der Waals surface area (Å²) in [4.78, 5) is 24.3. The summed E-state index contributed by atoms with van der Waals surface area (Å²) in [5, 5.41) is 7.49. The van der Waals surface area contributed by atoms with Gasteiger partial charge in [0.05, 0.1) is 16.8 Å². The van der Waals surface area contributed by atoms with Gasteiger partial charge in [0.2, 0.25) is 0 Å². The van der Waals surface area contributed by atoms with Crippen LogP contribution in [0.1, 0.15) is 35.3 Å². The van der Waals surface area contributed by atoms with Crippen LogP contribution in [0.4, 0.5) is 28.0 Å². The zero-order valence-corrected chi connectivity index (χ0v) is 15.2. The number of rotatable bonds is 5. The summed E-state index contributed by atoms with van der Waals surface area (Å²) in [6, 6.07) is 7.68. The van der Waals surface area contributed by atoms with Crippen molar-refractivity contribution in [2.75, 3.05) is 5.32 Å². The molecule has 0 aliphatic rings. The number of carbonyl (C=O) groups is 2. The van der Waals surface area contributed by atoms with E-state index in [1.807, 2.05) is 0 Å². The van der Waals surface area contributed by atoms with Crippen LogP contribution in [0, 0.1) is 5.82 Å². The molecule has 150 valence electrons. The fourth-order valence-electron chi connectivity index (χ4n) is 2.45. The van der Waals surface area contributed by atoms with E-state index in [0.717, 1.165) is 12.1 Å². The molecule has 2 aromatic rings. The Morgan fingerprint density at radius 1 is 1.07 bits per heavy atom. The quantitative estimate of drug-likeness (QED) is 0.659. The molecule has 0 aliphatic heterocycles. The minimum atomic E-state index is -4.75. The second kappa shape index (κ2) is 8.73. The van der Waals surface area contributed by atoms with Gasteiger partial charge in [0, 0.05) is 12.6 Å². The van der Waals surface area contributed by atoms with E-state index in [-0.39, 0.29) is 22.9 Å². The largest absolute Gasteiger partial charge is 0.416 e. The summed E-state index contributed by atoms with van der Waals surface area (Å²) in [6.07, 6.45) is -4.75. The molecule has 3 N–H and O–H groups in total. The lowest BCUT2D eigenvalue weighted by Crippen LogP contribution is -2.35. The first-order valence-electron chi connectivity index (χ1n) is 8.38. The topological polar surface area (TPSA) is 70.2 Å². The third-order valence-electron chi connectivity index (χ3n) is 3.66. The van der Waals surface area contributed by atoms with Crippen LogP contribution in [-0.4, -0.2) is 18.0 Å². The molecule has 0 fully saturated rings. The Hall–Kier alpha value is -3.10. The number of carbonyl (C=O) groups excluding carboxylic acids is 2. The van der Waals surface area contributed by atoms with E-state index in [4.69, 9.17) is 0 Å². The maximum absolute atomic E-state index is 13.2. The molecule has 0 aliphatic carbocycles. The van der Waals surface area contributed by atoms with Gasteiger partial charge in [-0.1, -0.05) is 18.2 Å². The van der Waals surface area contributed by atoms with Crippen molar-refractivity contribution < 1.29 is 27.2 Å². The molecule has 28 heavy (non-hydrogen) atoms. The van der Waals surface area contributed by atoms with Crippen LogP contribution in [0.25, 0.3) is 0 Å². The third kappa shape index (κ3) is 5.70. The Kier molecular flexibility index (Phi) is 6.61. The highest BCUT2D eigenvalue weighted by molar-refractivity contribution is 6.03. The van der Waals surface area contributed by atoms with Gasteiger partial charge in [-0.25, -0.2) is 9.18 Å². The van der Waals surface area contributed by atoms with E-state index in [1.54, 1.807) is 26.0 Å². The number of hydrogen-bond acceptors (Lipinski definition) is 2. The summed E-state index contributed by atoms with van der Waals surface area (Å²) in [7, 11) is 0. The molecule has 0 bridgehead atoms. The smallest absolute Gasteiger partial charge is 0.348 e.